The summed E-state index contributed by atoms with van der Waals surface area (Å²) in [6.07, 6.45) is 1.76. The fourth-order valence-corrected chi connectivity index (χ4v) is 5.55. The number of amidine groups is 2. The van der Waals surface area contributed by atoms with Crippen LogP contribution in [-0.4, -0.2) is 36.6 Å². The van der Waals surface area contributed by atoms with Crippen molar-refractivity contribution in [3.63, 3.8) is 0 Å². The molecular weight excluding hydrogens is 414 g/mol. The predicted octanol–water partition coefficient (Wildman–Crippen LogP) is 5.04. The summed E-state index contributed by atoms with van der Waals surface area (Å²) in [5.74, 6) is 0.551. The first kappa shape index (κ1) is 20.7. The number of aromatic nitrogens is 1. The minimum absolute atomic E-state index is 0.0698. The van der Waals surface area contributed by atoms with Crippen LogP contribution in [0.1, 0.15) is 35.0 Å². The van der Waals surface area contributed by atoms with Crippen molar-refractivity contribution in [2.75, 3.05) is 5.75 Å². The molecule has 4 rings (SSSR count). The van der Waals surface area contributed by atoms with Crippen LogP contribution in [-0.2, 0) is 4.79 Å². The zero-order valence-electron chi connectivity index (χ0n) is 17.6. The lowest BCUT2D eigenvalue weighted by atomic mass is 10.1. The van der Waals surface area contributed by atoms with E-state index >= 15 is 0 Å². The molecule has 1 aromatic heterocycles. The van der Waals surface area contributed by atoms with Crippen LogP contribution < -0.4 is 0 Å². The fourth-order valence-electron chi connectivity index (χ4n) is 3.72. The maximum atomic E-state index is 12.7. The lowest BCUT2D eigenvalue weighted by Crippen LogP contribution is -2.35. The van der Waals surface area contributed by atoms with Crippen LogP contribution in [0.5, 0.6) is 0 Å². The molecule has 0 bridgehead atoms. The number of aryl methyl sites for hydroxylation is 3. The Kier molecular flexibility index (Phi) is 5.46. The van der Waals surface area contributed by atoms with Crippen LogP contribution in [0.2, 0.25) is 0 Å². The average Bonchev–Trinajstić information content (AvgIpc) is 3.18. The van der Waals surface area contributed by atoms with Crippen molar-refractivity contribution in [2.24, 2.45) is 10.1 Å². The van der Waals surface area contributed by atoms with E-state index in [9.17, 15) is 4.79 Å². The number of hydrogen-bond acceptors (Lipinski definition) is 5. The molecule has 0 fully saturated rings. The van der Waals surface area contributed by atoms with Gasteiger partial charge in [0.2, 0.25) is 5.17 Å². The Morgan fingerprint density at radius 1 is 1.13 bits per heavy atom. The number of aliphatic imine (C=N–C) groups is 1. The van der Waals surface area contributed by atoms with Crippen molar-refractivity contribution in [3.05, 3.63) is 57.9 Å². The highest BCUT2D eigenvalue weighted by Crippen LogP contribution is 2.33. The summed E-state index contributed by atoms with van der Waals surface area (Å²) in [6, 6.07) is 8.49. The van der Waals surface area contributed by atoms with Crippen molar-refractivity contribution in [3.8, 4) is 5.69 Å². The van der Waals surface area contributed by atoms with E-state index in [0.29, 0.717) is 5.17 Å². The molecule has 2 aliphatic heterocycles. The summed E-state index contributed by atoms with van der Waals surface area (Å²) in [5, 5.41) is 14.9. The minimum Gasteiger partial charge on any atom is -0.318 e. The Labute approximate surface area is 184 Å². The average molecular weight is 438 g/mol. The Morgan fingerprint density at radius 2 is 1.83 bits per heavy atom. The maximum absolute atomic E-state index is 12.7. The molecular formula is C22H23N5OS2. The number of carbonyl (C=O) groups is 1. The van der Waals surface area contributed by atoms with Crippen LogP contribution in [0.3, 0.4) is 0 Å². The molecule has 0 unspecified atom stereocenters. The molecule has 2 aromatic rings. The summed E-state index contributed by atoms with van der Waals surface area (Å²) in [7, 11) is 0. The standard InChI is InChI=1S/C22H23N5OS2/c1-6-29-22-25-27-19(23)18(20(28)24-21(27)30-22)11-16-10-14(4)26(15(16)5)17-8-12(2)7-13(3)9-17/h7-11,23H,6H2,1-5H3/b18-11-,23-19?. The third-order valence-electron chi connectivity index (χ3n) is 4.94. The van der Waals surface area contributed by atoms with Gasteiger partial charge in [-0.3, -0.25) is 10.2 Å². The van der Waals surface area contributed by atoms with E-state index in [1.165, 1.54) is 27.9 Å². The molecule has 6 nitrogen and oxygen atoms in total. The number of hydrogen-bond donors (Lipinski definition) is 1. The van der Waals surface area contributed by atoms with E-state index < -0.39 is 5.91 Å². The highest BCUT2D eigenvalue weighted by atomic mass is 32.2. The van der Waals surface area contributed by atoms with Crippen molar-refractivity contribution in [1.29, 1.82) is 5.41 Å². The van der Waals surface area contributed by atoms with Gasteiger partial charge in [0.25, 0.3) is 5.91 Å². The molecule has 0 radical (unpaired) electrons. The van der Waals surface area contributed by atoms with Crippen LogP contribution in [0.4, 0.5) is 0 Å². The monoisotopic (exact) mass is 437 g/mol. The van der Waals surface area contributed by atoms with E-state index in [0.717, 1.165) is 32.8 Å². The zero-order valence-corrected chi connectivity index (χ0v) is 19.2. The third kappa shape index (κ3) is 3.65. The predicted molar refractivity (Wildman–Crippen MR) is 128 cm³/mol. The molecule has 154 valence electrons. The van der Waals surface area contributed by atoms with Gasteiger partial charge in [-0.2, -0.15) is 10.0 Å². The fraction of sp³-hybridized carbons (Fsp3) is 0.273. The second kappa shape index (κ2) is 7.92. The van der Waals surface area contributed by atoms with Gasteiger partial charge >= 0.3 is 0 Å². The molecule has 3 heterocycles. The van der Waals surface area contributed by atoms with Gasteiger partial charge in [-0.15, -0.1) is 5.10 Å². The Morgan fingerprint density at radius 3 is 2.50 bits per heavy atom. The molecule has 0 saturated heterocycles. The molecule has 1 aromatic carbocycles. The molecule has 0 saturated carbocycles. The quantitative estimate of drug-likeness (QED) is 0.683. The number of fused-ring (bicyclic) bond motifs is 1. The van der Waals surface area contributed by atoms with Crippen molar-refractivity contribution in [1.82, 2.24) is 9.58 Å². The molecule has 1 amide bonds. The first-order valence-corrected chi connectivity index (χ1v) is 11.5. The van der Waals surface area contributed by atoms with Crippen molar-refractivity contribution < 1.29 is 4.79 Å². The number of benzene rings is 1. The first-order valence-electron chi connectivity index (χ1n) is 9.69. The van der Waals surface area contributed by atoms with E-state index in [1.54, 1.807) is 17.8 Å². The lowest BCUT2D eigenvalue weighted by Gasteiger charge is -2.20. The van der Waals surface area contributed by atoms with E-state index in [2.05, 4.69) is 46.7 Å². The molecule has 0 atom stereocenters. The van der Waals surface area contributed by atoms with Gasteiger partial charge in [0.15, 0.2) is 10.2 Å². The zero-order chi connectivity index (χ0) is 21.6. The van der Waals surface area contributed by atoms with Gasteiger partial charge in [-0.05, 0) is 86.2 Å². The summed E-state index contributed by atoms with van der Waals surface area (Å²) >= 11 is 2.92. The first-order chi connectivity index (χ1) is 14.3. The van der Waals surface area contributed by atoms with Crippen LogP contribution in [0.15, 0.2) is 39.9 Å². The molecule has 1 N–H and O–H groups in total. The van der Waals surface area contributed by atoms with Gasteiger partial charge in [0.05, 0.1) is 5.57 Å². The van der Waals surface area contributed by atoms with Crippen molar-refractivity contribution >= 4 is 50.9 Å². The summed E-state index contributed by atoms with van der Waals surface area (Å²) in [4.78, 5) is 16.8. The third-order valence-corrected chi connectivity index (χ3v) is 6.86. The van der Waals surface area contributed by atoms with E-state index in [-0.39, 0.29) is 11.4 Å². The molecule has 0 aliphatic carbocycles. The van der Waals surface area contributed by atoms with Gasteiger partial charge in [-0.25, -0.2) is 0 Å². The van der Waals surface area contributed by atoms with Crippen molar-refractivity contribution in [2.45, 2.75) is 34.6 Å². The van der Waals surface area contributed by atoms with Crippen LogP contribution in [0.25, 0.3) is 11.8 Å². The molecule has 30 heavy (non-hydrogen) atoms. The Hall–Kier alpha value is -2.58. The number of nitrogens with one attached hydrogen (secondary N) is 1. The topological polar surface area (TPSA) is 73.8 Å². The normalized spacial score (nSPS) is 17.5. The molecule has 2 aliphatic rings. The number of nitrogens with zero attached hydrogens (tertiary/aromatic N) is 4. The minimum atomic E-state index is -0.395. The van der Waals surface area contributed by atoms with Crippen LogP contribution >= 0.6 is 23.5 Å². The van der Waals surface area contributed by atoms with Crippen LogP contribution in [0, 0.1) is 33.1 Å². The SMILES string of the molecule is CCSC1=NN2C(=N)/C(=C/c3cc(C)n(-c4cc(C)cc(C)c4)c3C)C(=O)N=C2S1. The van der Waals surface area contributed by atoms with E-state index in [4.69, 9.17) is 5.41 Å². The maximum Gasteiger partial charge on any atom is 0.283 e. The number of thioether (sulfide) groups is 2. The number of hydrazone groups is 1. The highest BCUT2D eigenvalue weighted by Gasteiger charge is 2.35. The molecule has 8 heteroatoms. The lowest BCUT2D eigenvalue weighted by molar-refractivity contribution is -0.114. The second-order valence-electron chi connectivity index (χ2n) is 7.33. The van der Waals surface area contributed by atoms with Gasteiger partial charge in [0, 0.05) is 17.1 Å². The highest BCUT2D eigenvalue weighted by molar-refractivity contribution is 8.45. The summed E-state index contributed by atoms with van der Waals surface area (Å²) in [6.45, 7) is 10.3. The van der Waals surface area contributed by atoms with Gasteiger partial charge in [-0.1, -0.05) is 24.8 Å². The Bertz CT molecular complexity index is 1150. The summed E-state index contributed by atoms with van der Waals surface area (Å²) < 4.78 is 2.99. The molecule has 0 spiro atoms. The largest absolute Gasteiger partial charge is 0.318 e. The number of rotatable bonds is 3. The number of carbonyl (C=O) groups excluding carboxylic acids is 1. The van der Waals surface area contributed by atoms with Gasteiger partial charge in [0.1, 0.15) is 0 Å². The smallest absolute Gasteiger partial charge is 0.283 e. The van der Waals surface area contributed by atoms with Gasteiger partial charge < -0.3 is 4.57 Å². The second-order valence-corrected chi connectivity index (χ2v) is 9.79. The summed E-state index contributed by atoms with van der Waals surface area (Å²) in [5.41, 5.74) is 6.74. The van der Waals surface area contributed by atoms with E-state index in [1.807, 2.05) is 26.8 Å². The Balaban J connectivity index is 1.74. The number of amides is 1.